The molecule has 1 aliphatic rings. The maximum Gasteiger partial charge on any atom is 0.262 e. The molecule has 38 heavy (non-hydrogen) atoms. The Morgan fingerprint density at radius 2 is 1.79 bits per heavy atom. The van der Waals surface area contributed by atoms with Crippen LogP contribution in [0.4, 0.5) is 0 Å². The molecule has 0 spiro atoms. The van der Waals surface area contributed by atoms with Crippen molar-refractivity contribution in [2.24, 2.45) is 0 Å². The molecule has 8 nitrogen and oxygen atoms in total. The molecule has 5 rings (SSSR count). The Kier molecular flexibility index (Phi) is 6.88. The van der Waals surface area contributed by atoms with Gasteiger partial charge >= 0.3 is 0 Å². The zero-order valence-electron chi connectivity index (χ0n) is 21.7. The van der Waals surface area contributed by atoms with E-state index in [2.05, 4.69) is 20.9 Å². The van der Waals surface area contributed by atoms with Crippen LogP contribution in [0.15, 0.2) is 64.1 Å². The Bertz CT molecular complexity index is 1620. The molecule has 2 aromatic carbocycles. The van der Waals surface area contributed by atoms with E-state index in [1.54, 1.807) is 46.0 Å². The van der Waals surface area contributed by atoms with E-state index in [9.17, 15) is 14.4 Å². The minimum absolute atomic E-state index is 0.0474. The number of carbonyl (C=O) groups is 2. The molecule has 2 aromatic heterocycles. The molecule has 0 bridgehead atoms. The number of hydrogen-bond acceptors (Lipinski definition) is 5. The molecule has 0 saturated heterocycles. The molecular weight excluding hydrogens is 546 g/mol. The van der Waals surface area contributed by atoms with E-state index in [4.69, 9.17) is 4.98 Å². The largest absolute Gasteiger partial charge is 0.330 e. The van der Waals surface area contributed by atoms with Crippen LogP contribution in [0.1, 0.15) is 58.3 Å². The number of ketones is 1. The lowest BCUT2D eigenvalue weighted by Crippen LogP contribution is -2.46. The number of benzene rings is 2. The summed E-state index contributed by atoms with van der Waals surface area (Å²) in [5.74, 6) is 0.815. The van der Waals surface area contributed by atoms with E-state index < -0.39 is 0 Å². The fraction of sp³-hybridized carbons (Fsp3) is 0.276. The third kappa shape index (κ3) is 4.51. The molecule has 0 aliphatic carbocycles. The Labute approximate surface area is 229 Å². The Morgan fingerprint density at radius 1 is 1.08 bits per heavy atom. The second kappa shape index (κ2) is 10.1. The molecule has 1 aliphatic heterocycles. The van der Waals surface area contributed by atoms with E-state index in [0.717, 1.165) is 10.0 Å². The van der Waals surface area contributed by atoms with Crippen molar-refractivity contribution in [3.8, 4) is 17.3 Å². The van der Waals surface area contributed by atoms with E-state index in [0.29, 0.717) is 52.7 Å². The van der Waals surface area contributed by atoms with Gasteiger partial charge in [0.05, 0.1) is 17.9 Å². The molecule has 0 fully saturated rings. The van der Waals surface area contributed by atoms with E-state index in [-0.39, 0.29) is 29.8 Å². The summed E-state index contributed by atoms with van der Waals surface area (Å²) in [5, 5.41) is 0. The number of nitrogens with zero attached hydrogens (tertiary/aromatic N) is 5. The van der Waals surface area contributed by atoms with Crippen LogP contribution in [-0.4, -0.2) is 41.7 Å². The number of aromatic nitrogens is 4. The van der Waals surface area contributed by atoms with Crippen LogP contribution >= 0.6 is 15.9 Å². The maximum atomic E-state index is 14.0. The minimum atomic E-state index is -0.190. The van der Waals surface area contributed by atoms with E-state index in [1.807, 2.05) is 43.7 Å². The Morgan fingerprint density at radius 3 is 2.45 bits per heavy atom. The number of fused-ring (bicyclic) bond motifs is 1. The summed E-state index contributed by atoms with van der Waals surface area (Å²) in [5.41, 5.74) is 3.72. The van der Waals surface area contributed by atoms with E-state index >= 15 is 0 Å². The van der Waals surface area contributed by atoms with Crippen LogP contribution in [0.2, 0.25) is 0 Å². The molecule has 3 heterocycles. The minimum Gasteiger partial charge on any atom is -0.330 e. The third-order valence-corrected chi connectivity index (χ3v) is 7.96. The molecule has 9 heteroatoms. The number of carbonyl (C=O) groups excluding carboxylic acids is 2. The van der Waals surface area contributed by atoms with Gasteiger partial charge in [0, 0.05) is 46.1 Å². The highest BCUT2D eigenvalue weighted by Crippen LogP contribution is 2.27. The molecule has 194 valence electrons. The Balaban J connectivity index is 1.64. The third-order valence-electron chi connectivity index (χ3n) is 7.07. The van der Waals surface area contributed by atoms with Crippen molar-refractivity contribution in [1.82, 2.24) is 24.0 Å². The molecule has 1 unspecified atom stereocenters. The number of aryl methyl sites for hydroxylation is 2. The number of Topliss-reactive ketones (excluding diaryl/α,β-unsaturated/α-hetero) is 1. The van der Waals surface area contributed by atoms with Crippen molar-refractivity contribution < 1.29 is 9.59 Å². The molecule has 0 N–H and O–H groups in total. The summed E-state index contributed by atoms with van der Waals surface area (Å²) in [6.07, 6.45) is 3.91. The molecule has 1 amide bonds. The van der Waals surface area contributed by atoms with Gasteiger partial charge < -0.3 is 9.47 Å². The zero-order chi connectivity index (χ0) is 27.1. The van der Waals surface area contributed by atoms with Crippen molar-refractivity contribution in [2.45, 2.75) is 53.2 Å². The topological polar surface area (TPSA) is 90.1 Å². The predicted molar refractivity (Wildman–Crippen MR) is 149 cm³/mol. The van der Waals surface area contributed by atoms with Gasteiger partial charge in [-0.05, 0) is 82.1 Å². The van der Waals surface area contributed by atoms with Gasteiger partial charge in [0.2, 0.25) is 0 Å². The normalized spacial score (nSPS) is 14.9. The van der Waals surface area contributed by atoms with Crippen LogP contribution in [0, 0.1) is 6.92 Å². The zero-order valence-corrected chi connectivity index (χ0v) is 23.3. The lowest BCUT2D eigenvalue weighted by Gasteiger charge is -2.34. The summed E-state index contributed by atoms with van der Waals surface area (Å²) in [6.45, 7) is 8.28. The van der Waals surface area contributed by atoms with Gasteiger partial charge in [0.25, 0.3) is 11.5 Å². The number of hydrogen-bond donors (Lipinski definition) is 0. The smallest absolute Gasteiger partial charge is 0.262 e. The summed E-state index contributed by atoms with van der Waals surface area (Å²) >= 11 is 3.49. The number of rotatable bonds is 5. The maximum absolute atomic E-state index is 14.0. The highest BCUT2D eigenvalue weighted by atomic mass is 79.9. The van der Waals surface area contributed by atoms with Crippen LogP contribution in [0.5, 0.6) is 0 Å². The van der Waals surface area contributed by atoms with Gasteiger partial charge in [-0.1, -0.05) is 15.9 Å². The van der Waals surface area contributed by atoms with Crippen molar-refractivity contribution in [1.29, 1.82) is 0 Å². The van der Waals surface area contributed by atoms with Crippen LogP contribution in [0.25, 0.3) is 17.3 Å². The average molecular weight is 574 g/mol. The monoisotopic (exact) mass is 573 g/mol. The van der Waals surface area contributed by atoms with Crippen molar-refractivity contribution in [3.63, 3.8) is 0 Å². The number of halogens is 1. The van der Waals surface area contributed by atoms with Crippen molar-refractivity contribution in [2.75, 3.05) is 0 Å². The fourth-order valence-corrected chi connectivity index (χ4v) is 5.13. The van der Waals surface area contributed by atoms with E-state index in [1.165, 1.54) is 6.92 Å². The van der Waals surface area contributed by atoms with Gasteiger partial charge in [-0.15, -0.1) is 0 Å². The van der Waals surface area contributed by atoms with Crippen LogP contribution in [-0.2, 0) is 19.5 Å². The second-order valence-electron chi connectivity index (χ2n) is 9.59. The average Bonchev–Trinajstić information content (AvgIpc) is 3.39. The van der Waals surface area contributed by atoms with Gasteiger partial charge in [-0.2, -0.15) is 0 Å². The first kappa shape index (κ1) is 25.8. The summed E-state index contributed by atoms with van der Waals surface area (Å²) in [7, 11) is 0. The molecule has 0 saturated carbocycles. The van der Waals surface area contributed by atoms with Gasteiger partial charge in [0.15, 0.2) is 17.4 Å². The summed E-state index contributed by atoms with van der Waals surface area (Å²) in [4.78, 5) is 50.6. The second-order valence-corrected chi connectivity index (χ2v) is 10.4. The molecule has 1 atom stereocenters. The number of amides is 1. The first-order valence-electron chi connectivity index (χ1n) is 12.5. The number of imidazole rings is 1. The molecule has 0 radical (unpaired) electrons. The first-order chi connectivity index (χ1) is 18.2. The Hall–Kier alpha value is -3.85. The van der Waals surface area contributed by atoms with Crippen LogP contribution < -0.4 is 5.56 Å². The highest BCUT2D eigenvalue weighted by Gasteiger charge is 2.32. The van der Waals surface area contributed by atoms with Crippen molar-refractivity contribution in [3.05, 3.63) is 97.6 Å². The summed E-state index contributed by atoms with van der Waals surface area (Å²) < 4.78 is 4.44. The van der Waals surface area contributed by atoms with Crippen molar-refractivity contribution >= 4 is 27.6 Å². The van der Waals surface area contributed by atoms with Gasteiger partial charge in [-0.3, -0.25) is 19.0 Å². The highest BCUT2D eigenvalue weighted by molar-refractivity contribution is 9.10. The molecule has 4 aromatic rings. The predicted octanol–water partition coefficient (Wildman–Crippen LogP) is 4.98. The SMILES string of the molecule is CCn1ccnc1-c1nc2c(c(=O)n1-c1ccc(C(C)=O)cc1)CC(C)N(C(=O)c1ccc(Br)c(C)c1)C2. The van der Waals surface area contributed by atoms with Crippen LogP contribution in [0.3, 0.4) is 0 Å². The lowest BCUT2D eigenvalue weighted by atomic mass is 9.98. The fourth-order valence-electron chi connectivity index (χ4n) is 4.88. The standard InChI is InChI=1S/C29H28BrN5O3/c1-5-33-13-12-31-26(33)27-32-25-16-34(28(37)21-8-11-24(30)17(2)14-21)18(3)15-23(25)29(38)35(27)22-9-6-20(7-10-22)19(4)36/h6-14,18H,5,15-16H2,1-4H3. The van der Waals surface area contributed by atoms with Gasteiger partial charge in [0.1, 0.15) is 0 Å². The van der Waals surface area contributed by atoms with Gasteiger partial charge in [-0.25, -0.2) is 9.97 Å². The molecular formula is C29H28BrN5O3. The summed E-state index contributed by atoms with van der Waals surface area (Å²) in [6, 6.07) is 12.3. The first-order valence-corrected chi connectivity index (χ1v) is 13.3. The quantitative estimate of drug-likeness (QED) is 0.314. The lowest BCUT2D eigenvalue weighted by molar-refractivity contribution is 0.0653.